The molecular weight excluding hydrogens is 895 g/mol. The van der Waals surface area contributed by atoms with Gasteiger partial charge in [-0.1, -0.05) is 152 Å². The van der Waals surface area contributed by atoms with Crippen molar-refractivity contribution in [2.75, 3.05) is 0 Å². The van der Waals surface area contributed by atoms with Crippen LogP contribution in [0.1, 0.15) is 27.8 Å². The summed E-state index contributed by atoms with van der Waals surface area (Å²) in [7, 11) is 0. The molecule has 10 aromatic carbocycles. The number of amidine groups is 2. The Morgan fingerprint density at radius 3 is 1.74 bits per heavy atom. The third kappa shape index (κ3) is 7.26. The summed E-state index contributed by atoms with van der Waals surface area (Å²) in [5.41, 5.74) is 17.2. The molecule has 0 fully saturated rings. The molecule has 0 spiro atoms. The largest absolute Gasteiger partial charge is 0.309 e. The Labute approximate surface area is 421 Å². The standard InChI is InChI=1S/C66H47N5S/c1-42-32-35-49(71-60-30-14-11-24-52(60)58-39-46(34-37-62(58)71)45-33-36-61-57(38-45)51-23-10-13-29-59(51)70(61)48-21-8-5-9-22-48)40-56(42)50-26-16-20-47(43(50)2)41-68-65(44-18-6-4-7-19-44)69-66(67-3)55-28-17-27-54-53-25-12-15-31-63(53)72-64(54)55/h4-40H,3,41H2,1-2H3. The number of hydrogen-bond donors (Lipinski definition) is 0. The Kier molecular flexibility index (Phi) is 10.6. The number of para-hydroxylation sites is 3. The number of benzene rings is 10. The molecule has 13 aromatic rings. The molecule has 0 saturated heterocycles. The van der Waals surface area contributed by atoms with Crippen LogP contribution in [-0.4, -0.2) is 27.5 Å². The predicted molar refractivity (Wildman–Crippen MR) is 308 cm³/mol. The zero-order chi connectivity index (χ0) is 48.3. The number of aryl methyl sites for hydroxylation is 1. The first-order valence-corrected chi connectivity index (χ1v) is 25.2. The topological polar surface area (TPSA) is 46.9 Å². The number of nitrogens with zero attached hydrogens (tertiary/aromatic N) is 5. The molecule has 13 rings (SSSR count). The molecule has 0 atom stereocenters. The highest BCUT2D eigenvalue weighted by Gasteiger charge is 2.19. The van der Waals surface area contributed by atoms with E-state index in [0.29, 0.717) is 18.2 Å². The summed E-state index contributed by atoms with van der Waals surface area (Å²) < 4.78 is 7.17. The molecule has 72 heavy (non-hydrogen) atoms. The summed E-state index contributed by atoms with van der Waals surface area (Å²) in [6.45, 7) is 8.87. The van der Waals surface area contributed by atoms with Crippen LogP contribution in [0.2, 0.25) is 0 Å². The van der Waals surface area contributed by atoms with Crippen molar-refractivity contribution in [3.05, 3.63) is 252 Å². The lowest BCUT2D eigenvalue weighted by Crippen LogP contribution is -2.06. The molecule has 0 N–H and O–H groups in total. The van der Waals surface area contributed by atoms with E-state index >= 15 is 0 Å². The van der Waals surface area contributed by atoms with Gasteiger partial charge in [0.25, 0.3) is 0 Å². The molecule has 5 nitrogen and oxygen atoms in total. The lowest BCUT2D eigenvalue weighted by Gasteiger charge is -2.16. The van der Waals surface area contributed by atoms with Gasteiger partial charge in [0.2, 0.25) is 0 Å². The van der Waals surface area contributed by atoms with E-state index in [-0.39, 0.29) is 0 Å². The Bertz CT molecular complexity index is 4340. The number of aromatic nitrogens is 2. The van der Waals surface area contributed by atoms with E-state index in [1.807, 2.05) is 18.2 Å². The second-order valence-electron chi connectivity index (χ2n) is 18.5. The molecule has 3 aromatic heterocycles. The van der Waals surface area contributed by atoms with Gasteiger partial charge >= 0.3 is 0 Å². The molecule has 0 aliphatic rings. The highest BCUT2D eigenvalue weighted by Crippen LogP contribution is 2.40. The number of rotatable bonds is 8. The summed E-state index contributed by atoms with van der Waals surface area (Å²) in [5.74, 6) is 1.17. The zero-order valence-electron chi connectivity index (χ0n) is 39.9. The van der Waals surface area contributed by atoms with E-state index in [1.165, 1.54) is 92.5 Å². The van der Waals surface area contributed by atoms with Crippen LogP contribution in [-0.2, 0) is 6.54 Å². The monoisotopic (exact) mass is 941 g/mol. The predicted octanol–water partition coefficient (Wildman–Crippen LogP) is 17.3. The Hall–Kier alpha value is -8.97. The maximum atomic E-state index is 5.26. The Morgan fingerprint density at radius 2 is 1.04 bits per heavy atom. The first-order chi connectivity index (χ1) is 35.5. The van der Waals surface area contributed by atoms with Crippen LogP contribution in [0.3, 0.4) is 0 Å². The number of thiophene rings is 1. The highest BCUT2D eigenvalue weighted by molar-refractivity contribution is 7.26. The lowest BCUT2D eigenvalue weighted by atomic mass is 9.93. The van der Waals surface area contributed by atoms with E-state index in [0.717, 1.165) is 32.8 Å². The van der Waals surface area contributed by atoms with Crippen molar-refractivity contribution in [1.29, 1.82) is 0 Å². The molecule has 0 amide bonds. The fourth-order valence-electron chi connectivity index (χ4n) is 10.8. The van der Waals surface area contributed by atoms with Crippen LogP contribution < -0.4 is 0 Å². The molecule has 0 aliphatic heterocycles. The minimum Gasteiger partial charge on any atom is -0.309 e. The van der Waals surface area contributed by atoms with Gasteiger partial charge in [0.15, 0.2) is 11.7 Å². The second-order valence-corrected chi connectivity index (χ2v) is 19.5. The van der Waals surface area contributed by atoms with Gasteiger partial charge in [-0.15, -0.1) is 11.3 Å². The van der Waals surface area contributed by atoms with Gasteiger partial charge in [0, 0.05) is 64.2 Å². The van der Waals surface area contributed by atoms with Gasteiger partial charge in [0.1, 0.15) is 0 Å². The van der Waals surface area contributed by atoms with Crippen LogP contribution in [0, 0.1) is 13.8 Å². The van der Waals surface area contributed by atoms with Crippen molar-refractivity contribution >= 4 is 93.5 Å². The average molecular weight is 942 g/mol. The molecule has 3 heterocycles. The van der Waals surface area contributed by atoms with Crippen LogP contribution in [0.5, 0.6) is 0 Å². The van der Waals surface area contributed by atoms with Crippen LogP contribution in [0.25, 0.3) is 97.4 Å². The van der Waals surface area contributed by atoms with E-state index in [4.69, 9.17) is 9.98 Å². The van der Waals surface area contributed by atoms with Gasteiger partial charge in [-0.2, -0.15) is 0 Å². The number of hydrogen-bond acceptors (Lipinski definition) is 2. The number of aliphatic imine (C=N–C) groups is 3. The fraction of sp³-hybridized carbons (Fsp3) is 0.0455. The Morgan fingerprint density at radius 1 is 0.458 bits per heavy atom. The summed E-state index contributed by atoms with van der Waals surface area (Å²) in [4.78, 5) is 15.0. The number of fused-ring (bicyclic) bond motifs is 9. The summed E-state index contributed by atoms with van der Waals surface area (Å²) in [6, 6.07) is 80.5. The van der Waals surface area contributed by atoms with E-state index in [2.05, 4.69) is 241 Å². The van der Waals surface area contributed by atoms with Crippen LogP contribution in [0.15, 0.2) is 239 Å². The molecule has 0 saturated carbocycles. The van der Waals surface area contributed by atoms with Crippen molar-refractivity contribution in [3.63, 3.8) is 0 Å². The molecule has 342 valence electrons. The van der Waals surface area contributed by atoms with Crippen molar-refractivity contribution in [3.8, 4) is 33.6 Å². The third-order valence-electron chi connectivity index (χ3n) is 14.3. The molecule has 6 heteroatoms. The third-order valence-corrected chi connectivity index (χ3v) is 15.6. The minimum atomic E-state index is 0.445. The van der Waals surface area contributed by atoms with Gasteiger partial charge in [-0.3, -0.25) is 4.99 Å². The lowest BCUT2D eigenvalue weighted by molar-refractivity contribution is 1.04. The molecule has 0 aliphatic carbocycles. The Balaban J connectivity index is 0.870. The van der Waals surface area contributed by atoms with Crippen molar-refractivity contribution in [2.45, 2.75) is 20.4 Å². The first kappa shape index (κ1) is 43.1. The molecular formula is C66H47N5S. The maximum Gasteiger partial charge on any atom is 0.162 e. The highest BCUT2D eigenvalue weighted by atomic mass is 32.1. The quantitative estimate of drug-likeness (QED) is 0.108. The SMILES string of the molecule is C=NC(=NC(=NCc1cccc(-c2cc(-n3c4ccccc4c4cc(-c5ccc6c(c5)c5ccccc5n6-c5ccccc5)ccc43)ccc2C)c1C)c1ccccc1)c1cccc2c1sc1ccccc12. The summed E-state index contributed by atoms with van der Waals surface area (Å²) in [6.07, 6.45) is 0. The molecule has 0 unspecified atom stereocenters. The van der Waals surface area contributed by atoms with E-state index in [1.54, 1.807) is 11.3 Å². The summed E-state index contributed by atoms with van der Waals surface area (Å²) in [5, 5.41) is 7.36. The maximum absolute atomic E-state index is 5.26. The van der Waals surface area contributed by atoms with Gasteiger partial charge in [0.05, 0.1) is 28.6 Å². The van der Waals surface area contributed by atoms with Crippen molar-refractivity contribution < 1.29 is 0 Å². The van der Waals surface area contributed by atoms with E-state index < -0.39 is 0 Å². The molecule has 0 radical (unpaired) electrons. The van der Waals surface area contributed by atoms with Crippen molar-refractivity contribution in [2.24, 2.45) is 15.0 Å². The first-order valence-electron chi connectivity index (χ1n) is 24.4. The second kappa shape index (κ2) is 17.8. The molecule has 0 bridgehead atoms. The van der Waals surface area contributed by atoms with E-state index in [9.17, 15) is 0 Å². The summed E-state index contributed by atoms with van der Waals surface area (Å²) >= 11 is 1.76. The fourth-order valence-corrected chi connectivity index (χ4v) is 12.0. The zero-order valence-corrected chi connectivity index (χ0v) is 40.7. The normalized spacial score (nSPS) is 12.3. The van der Waals surface area contributed by atoms with Gasteiger partial charge < -0.3 is 9.13 Å². The van der Waals surface area contributed by atoms with Crippen LogP contribution >= 0.6 is 11.3 Å². The van der Waals surface area contributed by atoms with Crippen LogP contribution in [0.4, 0.5) is 0 Å². The minimum absolute atomic E-state index is 0.445. The van der Waals surface area contributed by atoms with Gasteiger partial charge in [-0.25, -0.2) is 9.98 Å². The van der Waals surface area contributed by atoms with Crippen molar-refractivity contribution in [1.82, 2.24) is 9.13 Å². The smallest absolute Gasteiger partial charge is 0.162 e. The van der Waals surface area contributed by atoms with Gasteiger partial charge in [-0.05, 0) is 132 Å². The average Bonchev–Trinajstić information content (AvgIpc) is 4.10.